The number of hydrogen-bond acceptors (Lipinski definition) is 2. The van der Waals surface area contributed by atoms with E-state index in [-0.39, 0.29) is 24.2 Å². The number of hydrogen-bond donors (Lipinski definition) is 1. The maximum Gasteiger partial charge on any atom is 0.217 e. The van der Waals surface area contributed by atoms with E-state index in [2.05, 4.69) is 5.32 Å². The zero-order valence-corrected chi connectivity index (χ0v) is 13.1. The van der Waals surface area contributed by atoms with Crippen LogP contribution in [0.3, 0.4) is 0 Å². The maximum atomic E-state index is 11.5. The van der Waals surface area contributed by atoms with Crippen molar-refractivity contribution in [2.45, 2.75) is 57.3 Å². The van der Waals surface area contributed by atoms with E-state index in [9.17, 15) is 4.79 Å². The third-order valence-electron chi connectivity index (χ3n) is 4.72. The Morgan fingerprint density at radius 2 is 2.05 bits per heavy atom. The first-order valence-corrected chi connectivity index (χ1v) is 8.20. The van der Waals surface area contributed by atoms with Gasteiger partial charge in [-0.15, -0.1) is 0 Å². The molecule has 21 heavy (non-hydrogen) atoms. The summed E-state index contributed by atoms with van der Waals surface area (Å²) in [5.74, 6) is 0.491. The number of carbonyl (C=O) groups excluding carboxylic acids is 1. The second-order valence-corrected chi connectivity index (χ2v) is 6.58. The Morgan fingerprint density at radius 1 is 1.29 bits per heavy atom. The Hall–Kier alpha value is -1.06. The minimum atomic E-state index is -0.0186. The van der Waals surface area contributed by atoms with Gasteiger partial charge in [0.25, 0.3) is 0 Å². The summed E-state index contributed by atoms with van der Waals surface area (Å²) in [6, 6.07) is 8.05. The van der Waals surface area contributed by atoms with Crippen molar-refractivity contribution >= 4 is 17.5 Å². The van der Waals surface area contributed by atoms with E-state index in [1.165, 1.54) is 12.8 Å². The van der Waals surface area contributed by atoms with Gasteiger partial charge in [-0.3, -0.25) is 4.79 Å². The minimum Gasteiger partial charge on any atom is -0.370 e. The highest BCUT2D eigenvalue weighted by Crippen LogP contribution is 2.42. The van der Waals surface area contributed by atoms with Crippen LogP contribution in [0.4, 0.5) is 0 Å². The molecule has 3 rings (SSSR count). The third-order valence-corrected chi connectivity index (χ3v) is 5.06. The van der Waals surface area contributed by atoms with E-state index >= 15 is 0 Å². The van der Waals surface area contributed by atoms with Crippen LogP contribution < -0.4 is 5.32 Å². The van der Waals surface area contributed by atoms with Gasteiger partial charge in [0.1, 0.15) is 0 Å². The molecular formula is C17H22ClNO2. The Bertz CT molecular complexity index is 519. The molecule has 1 aliphatic carbocycles. The van der Waals surface area contributed by atoms with E-state index in [4.69, 9.17) is 16.3 Å². The molecule has 3 nitrogen and oxygen atoms in total. The van der Waals surface area contributed by atoms with E-state index in [0.29, 0.717) is 5.92 Å². The van der Waals surface area contributed by atoms with Gasteiger partial charge in [-0.25, -0.2) is 0 Å². The highest BCUT2D eigenvalue weighted by molar-refractivity contribution is 6.31. The van der Waals surface area contributed by atoms with Gasteiger partial charge in [0.15, 0.2) is 0 Å². The van der Waals surface area contributed by atoms with E-state index < -0.39 is 0 Å². The van der Waals surface area contributed by atoms with Crippen LogP contribution in [-0.4, -0.2) is 18.1 Å². The standard InChI is InChI=1S/C17H22ClNO2/c1-11(20)19-15-10-17(12-6-2-4-8-14(12)18)21-16-9-5-3-7-13(15)16/h2,4,6,8,13,15-17H,3,5,7,9-10H2,1H3,(H,19,20)/t13-,15+,16+,17+/m0/s1. The summed E-state index contributed by atoms with van der Waals surface area (Å²) >= 11 is 6.32. The molecule has 0 bridgehead atoms. The molecule has 114 valence electrons. The molecule has 1 aliphatic heterocycles. The lowest BCUT2D eigenvalue weighted by Crippen LogP contribution is -2.50. The van der Waals surface area contributed by atoms with Gasteiger partial charge in [0.2, 0.25) is 5.91 Å². The van der Waals surface area contributed by atoms with Crippen LogP contribution in [-0.2, 0) is 9.53 Å². The summed E-state index contributed by atoms with van der Waals surface area (Å²) in [5.41, 5.74) is 1.04. The Morgan fingerprint density at radius 3 is 2.81 bits per heavy atom. The lowest BCUT2D eigenvalue weighted by Gasteiger charge is -2.45. The van der Waals surface area contributed by atoms with E-state index in [1.54, 1.807) is 6.92 Å². The van der Waals surface area contributed by atoms with Crippen molar-refractivity contribution in [1.29, 1.82) is 0 Å². The molecule has 2 aliphatic rings. The predicted octanol–water partition coefficient (Wildman–Crippen LogP) is 3.86. The van der Waals surface area contributed by atoms with Gasteiger partial charge < -0.3 is 10.1 Å². The summed E-state index contributed by atoms with van der Waals surface area (Å²) in [4.78, 5) is 11.5. The summed E-state index contributed by atoms with van der Waals surface area (Å²) in [6.07, 6.45) is 5.71. The first-order valence-electron chi connectivity index (χ1n) is 7.82. The monoisotopic (exact) mass is 307 g/mol. The molecule has 1 aromatic carbocycles. The van der Waals surface area contributed by atoms with Crippen molar-refractivity contribution in [3.8, 4) is 0 Å². The van der Waals surface area contributed by atoms with Gasteiger partial charge in [0.05, 0.1) is 12.2 Å². The Kier molecular flexibility index (Phi) is 4.51. The number of rotatable bonds is 2. The number of carbonyl (C=O) groups is 1. The predicted molar refractivity (Wildman–Crippen MR) is 83.2 cm³/mol. The number of nitrogens with one attached hydrogen (secondary N) is 1. The molecule has 1 saturated carbocycles. The summed E-state index contributed by atoms with van der Waals surface area (Å²) in [6.45, 7) is 1.60. The summed E-state index contributed by atoms with van der Waals surface area (Å²) in [5, 5.41) is 3.89. The van der Waals surface area contributed by atoms with Crippen molar-refractivity contribution in [2.24, 2.45) is 5.92 Å². The molecule has 0 unspecified atom stereocenters. The first kappa shape index (κ1) is 14.9. The molecule has 0 radical (unpaired) electrons. The molecule has 4 atom stereocenters. The van der Waals surface area contributed by atoms with E-state index in [0.717, 1.165) is 29.8 Å². The second kappa shape index (κ2) is 6.37. The Balaban J connectivity index is 1.83. The number of ether oxygens (including phenoxy) is 1. The van der Waals surface area contributed by atoms with Crippen molar-refractivity contribution in [1.82, 2.24) is 5.32 Å². The average molecular weight is 308 g/mol. The van der Waals surface area contributed by atoms with Crippen LogP contribution in [0.5, 0.6) is 0 Å². The number of benzene rings is 1. The van der Waals surface area contributed by atoms with Gasteiger partial charge in [-0.05, 0) is 30.9 Å². The summed E-state index contributed by atoms with van der Waals surface area (Å²) < 4.78 is 6.33. The third kappa shape index (κ3) is 3.24. The molecule has 1 aromatic rings. The van der Waals surface area contributed by atoms with Crippen LogP contribution in [0.25, 0.3) is 0 Å². The van der Waals surface area contributed by atoms with Crippen LogP contribution in [0.2, 0.25) is 5.02 Å². The number of fused-ring (bicyclic) bond motifs is 1. The normalized spacial score (nSPS) is 32.3. The smallest absolute Gasteiger partial charge is 0.217 e. The highest BCUT2D eigenvalue weighted by Gasteiger charge is 2.40. The molecule has 1 heterocycles. The topological polar surface area (TPSA) is 38.3 Å². The largest absolute Gasteiger partial charge is 0.370 e. The van der Waals surface area contributed by atoms with E-state index in [1.807, 2.05) is 24.3 Å². The van der Waals surface area contributed by atoms with Crippen molar-refractivity contribution < 1.29 is 9.53 Å². The highest BCUT2D eigenvalue weighted by atomic mass is 35.5. The van der Waals surface area contributed by atoms with Gasteiger partial charge in [0, 0.05) is 23.9 Å². The molecule has 0 aromatic heterocycles. The fraction of sp³-hybridized carbons (Fsp3) is 0.588. The SMILES string of the molecule is CC(=O)N[C@@H]1C[C@H](c2ccccc2Cl)O[C@@H]2CCCC[C@@H]12. The lowest BCUT2D eigenvalue weighted by molar-refractivity contribution is -0.131. The van der Waals surface area contributed by atoms with Crippen LogP contribution in [0.15, 0.2) is 24.3 Å². The molecule has 0 spiro atoms. The molecule has 2 fully saturated rings. The second-order valence-electron chi connectivity index (χ2n) is 6.18. The average Bonchev–Trinajstić information content (AvgIpc) is 2.47. The van der Waals surface area contributed by atoms with Crippen LogP contribution in [0, 0.1) is 5.92 Å². The van der Waals surface area contributed by atoms with Gasteiger partial charge >= 0.3 is 0 Å². The molecule has 1 N–H and O–H groups in total. The number of amides is 1. The van der Waals surface area contributed by atoms with Crippen molar-refractivity contribution in [2.75, 3.05) is 0 Å². The first-order chi connectivity index (χ1) is 10.1. The fourth-order valence-electron chi connectivity index (χ4n) is 3.79. The summed E-state index contributed by atoms with van der Waals surface area (Å²) in [7, 11) is 0. The zero-order valence-electron chi connectivity index (χ0n) is 12.3. The lowest BCUT2D eigenvalue weighted by atomic mass is 9.76. The molecule has 1 saturated heterocycles. The molecule has 4 heteroatoms. The van der Waals surface area contributed by atoms with Gasteiger partial charge in [-0.2, -0.15) is 0 Å². The van der Waals surface area contributed by atoms with Crippen LogP contribution in [0.1, 0.15) is 50.7 Å². The fourth-order valence-corrected chi connectivity index (χ4v) is 4.05. The maximum absolute atomic E-state index is 11.5. The van der Waals surface area contributed by atoms with Crippen molar-refractivity contribution in [3.63, 3.8) is 0 Å². The Labute approximate surface area is 131 Å². The van der Waals surface area contributed by atoms with Crippen LogP contribution >= 0.6 is 11.6 Å². The van der Waals surface area contributed by atoms with Gasteiger partial charge in [-0.1, -0.05) is 42.6 Å². The zero-order chi connectivity index (χ0) is 14.8. The minimum absolute atomic E-state index is 0.0186. The molecular weight excluding hydrogens is 286 g/mol. The number of halogens is 1. The quantitative estimate of drug-likeness (QED) is 0.901. The van der Waals surface area contributed by atoms with Crippen molar-refractivity contribution in [3.05, 3.63) is 34.9 Å². The molecule has 1 amide bonds.